The molecule has 0 saturated heterocycles. The molecule has 0 spiro atoms. The number of fused-ring (bicyclic) bond motifs is 2. The van der Waals surface area contributed by atoms with Gasteiger partial charge in [0.15, 0.2) is 5.65 Å². The fourth-order valence-electron chi connectivity index (χ4n) is 3.39. The molecular weight excluding hydrogens is 346 g/mol. The quantitative estimate of drug-likeness (QED) is 0.495. The van der Waals surface area contributed by atoms with Crippen LogP contribution in [0.5, 0.6) is 0 Å². The van der Waals surface area contributed by atoms with Crippen molar-refractivity contribution in [1.29, 1.82) is 0 Å². The van der Waals surface area contributed by atoms with Gasteiger partial charge in [0.1, 0.15) is 5.82 Å². The highest BCUT2D eigenvalue weighted by atomic mass is 15.3. The maximum Gasteiger partial charge on any atom is 0.154 e. The fourth-order valence-corrected chi connectivity index (χ4v) is 3.39. The van der Waals surface area contributed by atoms with Gasteiger partial charge in [0.05, 0.1) is 11.9 Å². The molecule has 2 aromatic carbocycles. The summed E-state index contributed by atoms with van der Waals surface area (Å²) in [6.07, 6.45) is 6.46. The third-order valence-corrected chi connectivity index (χ3v) is 4.85. The zero-order chi connectivity index (χ0) is 18.8. The Bertz CT molecular complexity index is 1240. The molecule has 0 atom stereocenters. The Morgan fingerprint density at radius 3 is 2.68 bits per heavy atom. The summed E-state index contributed by atoms with van der Waals surface area (Å²) in [5.41, 5.74) is 4.12. The summed E-state index contributed by atoms with van der Waals surface area (Å²) in [4.78, 5) is 8.66. The van der Waals surface area contributed by atoms with Crippen molar-refractivity contribution in [3.05, 3.63) is 90.9 Å². The fraction of sp³-hybridized carbons (Fsp3) is 0.0870. The van der Waals surface area contributed by atoms with Gasteiger partial charge < -0.3 is 5.32 Å². The molecule has 0 unspecified atom stereocenters. The van der Waals surface area contributed by atoms with Crippen molar-refractivity contribution in [2.24, 2.45) is 0 Å². The van der Waals surface area contributed by atoms with Crippen LogP contribution >= 0.6 is 0 Å². The molecule has 0 amide bonds. The highest BCUT2D eigenvalue weighted by molar-refractivity contribution is 5.87. The first-order valence-electron chi connectivity index (χ1n) is 9.33. The third-order valence-electron chi connectivity index (χ3n) is 4.85. The Labute approximate surface area is 162 Å². The van der Waals surface area contributed by atoms with E-state index in [0.717, 1.165) is 35.7 Å². The maximum absolute atomic E-state index is 4.75. The molecule has 0 aliphatic carbocycles. The van der Waals surface area contributed by atoms with Crippen molar-refractivity contribution in [2.75, 3.05) is 11.9 Å². The number of nitrogens with zero attached hydrogens (tertiary/aromatic N) is 4. The molecule has 5 rings (SSSR count). The number of anilines is 1. The van der Waals surface area contributed by atoms with E-state index in [1.807, 2.05) is 35.1 Å². The summed E-state index contributed by atoms with van der Waals surface area (Å²) in [6, 6.07) is 22.8. The van der Waals surface area contributed by atoms with Gasteiger partial charge in [-0.15, -0.1) is 5.10 Å². The van der Waals surface area contributed by atoms with Gasteiger partial charge >= 0.3 is 0 Å². The van der Waals surface area contributed by atoms with E-state index >= 15 is 0 Å². The smallest absolute Gasteiger partial charge is 0.154 e. The van der Waals surface area contributed by atoms with Crippen LogP contribution in [0.4, 0.5) is 5.82 Å². The number of imidazole rings is 1. The lowest BCUT2D eigenvalue weighted by Crippen LogP contribution is -2.08. The van der Waals surface area contributed by atoms with Gasteiger partial charge in [-0.1, -0.05) is 42.5 Å². The molecule has 1 N–H and O–H groups in total. The molecule has 0 radical (unpaired) electrons. The number of nitrogens with one attached hydrogen (secondary N) is 1. The van der Waals surface area contributed by atoms with Gasteiger partial charge in [0.25, 0.3) is 0 Å². The summed E-state index contributed by atoms with van der Waals surface area (Å²) in [6.45, 7) is 0.796. The van der Waals surface area contributed by atoms with Crippen LogP contribution in [0.3, 0.4) is 0 Å². The van der Waals surface area contributed by atoms with E-state index in [1.165, 1.54) is 16.3 Å². The van der Waals surface area contributed by atoms with E-state index in [4.69, 9.17) is 5.10 Å². The Hall–Kier alpha value is -3.73. The van der Waals surface area contributed by atoms with E-state index in [-0.39, 0.29) is 0 Å². The first-order valence-corrected chi connectivity index (χ1v) is 9.33. The monoisotopic (exact) mass is 365 g/mol. The topological polar surface area (TPSA) is 55.1 Å². The van der Waals surface area contributed by atoms with Crippen molar-refractivity contribution >= 4 is 22.2 Å². The van der Waals surface area contributed by atoms with Crippen LogP contribution in [0.15, 0.2) is 85.3 Å². The molecule has 5 heteroatoms. The molecule has 136 valence electrons. The highest BCUT2D eigenvalue weighted by Crippen LogP contribution is 2.25. The van der Waals surface area contributed by atoms with Gasteiger partial charge in [0, 0.05) is 24.5 Å². The Morgan fingerprint density at radius 2 is 1.79 bits per heavy atom. The van der Waals surface area contributed by atoms with E-state index in [0.29, 0.717) is 0 Å². The van der Waals surface area contributed by atoms with Crippen LogP contribution in [0.25, 0.3) is 27.7 Å². The number of benzene rings is 2. The maximum atomic E-state index is 4.75. The van der Waals surface area contributed by atoms with Gasteiger partial charge in [-0.3, -0.25) is 4.98 Å². The van der Waals surface area contributed by atoms with Crippen molar-refractivity contribution in [2.45, 2.75) is 6.42 Å². The highest BCUT2D eigenvalue weighted by Gasteiger charge is 2.09. The van der Waals surface area contributed by atoms with Crippen molar-refractivity contribution in [1.82, 2.24) is 19.6 Å². The first kappa shape index (κ1) is 16.4. The standard InChI is InChI=1S/C23H19N5/c1-2-6-19-14-20(8-7-18(19)5-1)21-16-26-23-10-9-22(27-28(21)23)25-13-11-17-4-3-12-24-15-17/h1-10,12,14-16H,11,13H2,(H,25,27). The number of pyridine rings is 1. The largest absolute Gasteiger partial charge is 0.368 e. The van der Waals surface area contributed by atoms with Crippen LogP contribution < -0.4 is 5.32 Å². The van der Waals surface area contributed by atoms with Crippen LogP contribution in [0.2, 0.25) is 0 Å². The zero-order valence-electron chi connectivity index (χ0n) is 15.3. The van der Waals surface area contributed by atoms with Crippen LogP contribution in [-0.4, -0.2) is 26.1 Å². The summed E-state index contributed by atoms with van der Waals surface area (Å²) in [5, 5.41) is 10.6. The van der Waals surface area contributed by atoms with Crippen LogP contribution in [-0.2, 0) is 6.42 Å². The average molecular weight is 365 g/mol. The molecular formula is C23H19N5. The normalized spacial score (nSPS) is 11.1. The Kier molecular flexibility index (Phi) is 4.18. The zero-order valence-corrected chi connectivity index (χ0v) is 15.3. The van der Waals surface area contributed by atoms with Crippen LogP contribution in [0, 0.1) is 0 Å². The second-order valence-corrected chi connectivity index (χ2v) is 6.73. The Balaban J connectivity index is 1.42. The number of hydrogen-bond donors (Lipinski definition) is 1. The molecule has 3 heterocycles. The molecule has 0 aliphatic heterocycles. The van der Waals surface area contributed by atoms with Crippen molar-refractivity contribution in [3.63, 3.8) is 0 Å². The van der Waals surface area contributed by atoms with Gasteiger partial charge in [-0.2, -0.15) is 0 Å². The summed E-state index contributed by atoms with van der Waals surface area (Å²) < 4.78 is 1.90. The van der Waals surface area contributed by atoms with E-state index < -0.39 is 0 Å². The number of rotatable bonds is 5. The second-order valence-electron chi connectivity index (χ2n) is 6.73. The van der Waals surface area contributed by atoms with Gasteiger partial charge in [-0.05, 0) is 47.0 Å². The van der Waals surface area contributed by atoms with E-state index in [2.05, 4.69) is 63.8 Å². The van der Waals surface area contributed by atoms with Gasteiger partial charge in [0.2, 0.25) is 0 Å². The average Bonchev–Trinajstić information content (AvgIpc) is 3.17. The summed E-state index contributed by atoms with van der Waals surface area (Å²) in [7, 11) is 0. The third kappa shape index (κ3) is 3.18. The molecule has 5 nitrogen and oxygen atoms in total. The second kappa shape index (κ2) is 7.12. The lowest BCUT2D eigenvalue weighted by Gasteiger charge is -2.08. The molecule has 5 aromatic rings. The van der Waals surface area contributed by atoms with Gasteiger partial charge in [-0.25, -0.2) is 9.50 Å². The SMILES string of the molecule is c1cncc(CCNc2ccc3ncc(-c4ccc5ccccc5c4)n3n2)c1. The molecule has 0 bridgehead atoms. The summed E-state index contributed by atoms with van der Waals surface area (Å²) >= 11 is 0. The first-order chi connectivity index (χ1) is 13.9. The number of hydrogen-bond acceptors (Lipinski definition) is 4. The molecule has 0 saturated carbocycles. The predicted molar refractivity (Wildman–Crippen MR) is 112 cm³/mol. The Morgan fingerprint density at radius 1 is 0.857 bits per heavy atom. The molecule has 28 heavy (non-hydrogen) atoms. The lowest BCUT2D eigenvalue weighted by atomic mass is 10.1. The van der Waals surface area contributed by atoms with Crippen molar-refractivity contribution < 1.29 is 0 Å². The molecule has 0 fully saturated rings. The van der Waals surface area contributed by atoms with Crippen LogP contribution in [0.1, 0.15) is 5.56 Å². The lowest BCUT2D eigenvalue weighted by molar-refractivity contribution is 0.918. The molecule has 0 aliphatic rings. The minimum Gasteiger partial charge on any atom is -0.368 e. The minimum atomic E-state index is 0.796. The van der Waals surface area contributed by atoms with Crippen molar-refractivity contribution in [3.8, 4) is 11.3 Å². The molecule has 3 aromatic heterocycles. The van der Waals surface area contributed by atoms with E-state index in [9.17, 15) is 0 Å². The predicted octanol–water partition coefficient (Wildman–Crippen LogP) is 4.60. The minimum absolute atomic E-state index is 0.796. The number of aromatic nitrogens is 4. The summed E-state index contributed by atoms with van der Waals surface area (Å²) in [5.74, 6) is 0.830. The van der Waals surface area contributed by atoms with E-state index in [1.54, 1.807) is 6.20 Å².